The van der Waals surface area contributed by atoms with E-state index in [9.17, 15) is 9.90 Å². The van der Waals surface area contributed by atoms with Crippen molar-refractivity contribution in [2.45, 2.75) is 13.8 Å². The van der Waals surface area contributed by atoms with Crippen molar-refractivity contribution in [2.24, 2.45) is 5.41 Å². The van der Waals surface area contributed by atoms with E-state index in [2.05, 4.69) is 24.9 Å². The van der Waals surface area contributed by atoms with Crippen LogP contribution in [0.25, 0.3) is 34.2 Å². The Morgan fingerprint density at radius 3 is 2.32 bits per heavy atom. The Bertz CT molecular complexity index is 1170. The molecule has 0 aliphatic rings. The van der Waals surface area contributed by atoms with Crippen LogP contribution in [-0.2, 0) is 4.79 Å². The molecule has 156 valence electrons. The number of imidazole rings is 1. The number of rotatable bonds is 7. The smallest absolute Gasteiger partial charge is 0.312 e. The van der Waals surface area contributed by atoms with Gasteiger partial charge in [0.2, 0.25) is 0 Å². The standard InChI is InChI=1S/C23H21N5O3/c1-23(2,22(29)30)14-31-17-7-4-15(5-8-17)18-9-6-16(12-26-18)20-27-13-19(28-20)21-24-10-3-11-25-21/h3-13H,14H2,1-2H3,(H,27,28)(H,29,30). The van der Waals surface area contributed by atoms with Crippen LogP contribution in [0.5, 0.6) is 5.75 Å². The number of aromatic nitrogens is 5. The Kier molecular flexibility index (Phi) is 5.44. The molecule has 0 radical (unpaired) electrons. The molecule has 0 atom stereocenters. The van der Waals surface area contributed by atoms with E-state index in [1.54, 1.807) is 44.7 Å². The molecule has 0 bridgehead atoms. The van der Waals surface area contributed by atoms with Gasteiger partial charge in [-0.1, -0.05) is 0 Å². The van der Waals surface area contributed by atoms with Gasteiger partial charge < -0.3 is 14.8 Å². The molecule has 8 heteroatoms. The first kappa shape index (κ1) is 20.2. The molecule has 31 heavy (non-hydrogen) atoms. The summed E-state index contributed by atoms with van der Waals surface area (Å²) in [4.78, 5) is 31.8. The molecular weight excluding hydrogens is 394 g/mol. The first-order chi connectivity index (χ1) is 14.9. The molecule has 3 heterocycles. The van der Waals surface area contributed by atoms with Gasteiger partial charge in [0.1, 0.15) is 23.9 Å². The fraction of sp³-hybridized carbons (Fsp3) is 0.174. The molecule has 3 aromatic heterocycles. The van der Waals surface area contributed by atoms with E-state index in [1.807, 2.05) is 36.4 Å². The molecule has 1 aromatic carbocycles. The van der Waals surface area contributed by atoms with Gasteiger partial charge in [0.25, 0.3) is 0 Å². The van der Waals surface area contributed by atoms with E-state index in [0.717, 1.165) is 22.5 Å². The Labute approximate surface area is 179 Å². The number of nitrogens with one attached hydrogen (secondary N) is 1. The van der Waals surface area contributed by atoms with Gasteiger partial charge in [-0.05, 0) is 56.3 Å². The van der Waals surface area contributed by atoms with Crippen LogP contribution in [0.15, 0.2) is 67.3 Å². The number of aliphatic carboxylic acids is 1. The predicted molar refractivity (Wildman–Crippen MR) is 115 cm³/mol. The van der Waals surface area contributed by atoms with Crippen LogP contribution in [0.3, 0.4) is 0 Å². The Morgan fingerprint density at radius 1 is 0.968 bits per heavy atom. The largest absolute Gasteiger partial charge is 0.492 e. The van der Waals surface area contributed by atoms with Crippen molar-refractivity contribution in [3.63, 3.8) is 0 Å². The van der Waals surface area contributed by atoms with Crippen molar-refractivity contribution in [2.75, 3.05) is 6.61 Å². The molecule has 0 spiro atoms. The fourth-order valence-corrected chi connectivity index (χ4v) is 2.77. The predicted octanol–water partition coefficient (Wildman–Crippen LogP) is 4.09. The topological polar surface area (TPSA) is 114 Å². The number of hydrogen-bond acceptors (Lipinski definition) is 6. The summed E-state index contributed by atoms with van der Waals surface area (Å²) in [6, 6.07) is 13.0. The SMILES string of the molecule is CC(C)(COc1ccc(-c2ccc(-c3ncc(-c4ncccn4)[nH]3)cn2)cc1)C(=O)O. The molecule has 0 aliphatic carbocycles. The summed E-state index contributed by atoms with van der Waals surface area (Å²) >= 11 is 0. The lowest BCUT2D eigenvalue weighted by atomic mass is 9.95. The number of aromatic amines is 1. The molecular formula is C23H21N5O3. The van der Waals surface area contributed by atoms with Crippen molar-refractivity contribution in [1.29, 1.82) is 0 Å². The minimum absolute atomic E-state index is 0.0911. The summed E-state index contributed by atoms with van der Waals surface area (Å²) < 4.78 is 5.61. The summed E-state index contributed by atoms with van der Waals surface area (Å²) in [6.07, 6.45) is 6.82. The highest BCUT2D eigenvalue weighted by molar-refractivity contribution is 5.73. The van der Waals surface area contributed by atoms with Crippen LogP contribution in [-0.4, -0.2) is 42.6 Å². The number of pyridine rings is 1. The summed E-state index contributed by atoms with van der Waals surface area (Å²) in [5.74, 6) is 0.987. The first-order valence-corrected chi connectivity index (χ1v) is 9.68. The summed E-state index contributed by atoms with van der Waals surface area (Å²) in [5.41, 5.74) is 2.37. The Balaban J connectivity index is 1.45. The third kappa shape index (κ3) is 4.58. The Hall–Kier alpha value is -4.07. The maximum atomic E-state index is 11.2. The van der Waals surface area contributed by atoms with E-state index in [-0.39, 0.29) is 6.61 Å². The molecule has 2 N–H and O–H groups in total. The Morgan fingerprint density at radius 2 is 1.68 bits per heavy atom. The number of benzene rings is 1. The maximum absolute atomic E-state index is 11.2. The van der Waals surface area contributed by atoms with Crippen molar-refractivity contribution in [1.82, 2.24) is 24.9 Å². The van der Waals surface area contributed by atoms with Crippen LogP contribution >= 0.6 is 0 Å². The molecule has 0 unspecified atom stereocenters. The van der Waals surface area contributed by atoms with E-state index in [4.69, 9.17) is 4.74 Å². The molecule has 8 nitrogen and oxygen atoms in total. The van der Waals surface area contributed by atoms with Crippen molar-refractivity contribution >= 4 is 5.97 Å². The monoisotopic (exact) mass is 415 g/mol. The van der Waals surface area contributed by atoms with Gasteiger partial charge in [-0.3, -0.25) is 9.78 Å². The highest BCUT2D eigenvalue weighted by Gasteiger charge is 2.28. The molecule has 0 saturated heterocycles. The number of carboxylic acids is 1. The highest BCUT2D eigenvalue weighted by Crippen LogP contribution is 2.25. The third-order valence-corrected chi connectivity index (χ3v) is 4.75. The van der Waals surface area contributed by atoms with Gasteiger partial charge in [-0.15, -0.1) is 0 Å². The summed E-state index contributed by atoms with van der Waals surface area (Å²) in [6.45, 7) is 3.35. The van der Waals surface area contributed by atoms with Crippen molar-refractivity contribution in [3.8, 4) is 39.9 Å². The van der Waals surface area contributed by atoms with Crippen molar-refractivity contribution < 1.29 is 14.6 Å². The van der Waals surface area contributed by atoms with Crippen LogP contribution < -0.4 is 4.74 Å². The zero-order chi connectivity index (χ0) is 21.8. The molecule has 4 rings (SSSR count). The van der Waals surface area contributed by atoms with Gasteiger partial charge in [0.15, 0.2) is 5.82 Å². The average molecular weight is 415 g/mol. The lowest BCUT2D eigenvalue weighted by Crippen LogP contribution is -2.30. The number of carboxylic acid groups (broad SMARTS) is 1. The van der Waals surface area contributed by atoms with Crippen LogP contribution in [0.4, 0.5) is 0 Å². The van der Waals surface area contributed by atoms with E-state index in [0.29, 0.717) is 17.4 Å². The average Bonchev–Trinajstić information content (AvgIpc) is 3.29. The molecule has 0 fully saturated rings. The van der Waals surface area contributed by atoms with Gasteiger partial charge in [-0.25, -0.2) is 15.0 Å². The third-order valence-electron chi connectivity index (χ3n) is 4.75. The zero-order valence-corrected chi connectivity index (χ0v) is 17.1. The quantitative estimate of drug-likeness (QED) is 0.467. The first-order valence-electron chi connectivity index (χ1n) is 9.68. The van der Waals surface area contributed by atoms with Crippen LogP contribution in [0.2, 0.25) is 0 Å². The number of ether oxygens (including phenoxy) is 1. The molecule has 0 aliphatic heterocycles. The second-order valence-corrected chi connectivity index (χ2v) is 7.65. The van der Waals surface area contributed by atoms with Gasteiger partial charge in [0.05, 0.1) is 17.3 Å². The van der Waals surface area contributed by atoms with Gasteiger partial charge >= 0.3 is 5.97 Å². The minimum atomic E-state index is -0.950. The van der Waals surface area contributed by atoms with Crippen LogP contribution in [0, 0.1) is 5.41 Å². The molecule has 4 aromatic rings. The van der Waals surface area contributed by atoms with Crippen LogP contribution in [0.1, 0.15) is 13.8 Å². The number of hydrogen-bond donors (Lipinski definition) is 2. The van der Waals surface area contributed by atoms with Gasteiger partial charge in [-0.2, -0.15) is 0 Å². The normalized spacial score (nSPS) is 11.3. The lowest BCUT2D eigenvalue weighted by molar-refractivity contribution is -0.148. The van der Waals surface area contributed by atoms with E-state index >= 15 is 0 Å². The summed E-state index contributed by atoms with van der Waals surface area (Å²) in [5, 5.41) is 9.17. The fourth-order valence-electron chi connectivity index (χ4n) is 2.77. The second kappa shape index (κ2) is 8.35. The highest BCUT2D eigenvalue weighted by atomic mass is 16.5. The minimum Gasteiger partial charge on any atom is -0.492 e. The number of carbonyl (C=O) groups is 1. The summed E-state index contributed by atoms with van der Waals surface area (Å²) in [7, 11) is 0. The second-order valence-electron chi connectivity index (χ2n) is 7.65. The number of H-pyrrole nitrogens is 1. The van der Waals surface area contributed by atoms with Gasteiger partial charge in [0, 0.05) is 29.7 Å². The van der Waals surface area contributed by atoms with Crippen molar-refractivity contribution in [3.05, 3.63) is 67.3 Å². The van der Waals surface area contributed by atoms with E-state index in [1.165, 1.54) is 0 Å². The molecule has 0 saturated carbocycles. The zero-order valence-electron chi connectivity index (χ0n) is 17.1. The maximum Gasteiger partial charge on any atom is 0.312 e. The van der Waals surface area contributed by atoms with E-state index < -0.39 is 11.4 Å². The lowest BCUT2D eigenvalue weighted by Gasteiger charge is -2.19. The number of nitrogens with zero attached hydrogens (tertiary/aromatic N) is 4. The molecule has 0 amide bonds.